The summed E-state index contributed by atoms with van der Waals surface area (Å²) in [5.41, 5.74) is 3.31. The summed E-state index contributed by atoms with van der Waals surface area (Å²) in [6.07, 6.45) is 3.23. The highest BCUT2D eigenvalue weighted by Gasteiger charge is 2.57. The van der Waals surface area contributed by atoms with Crippen molar-refractivity contribution in [1.29, 1.82) is 0 Å². The second kappa shape index (κ2) is 7.53. The number of amides is 1. The lowest BCUT2D eigenvalue weighted by molar-refractivity contribution is -0.118. The van der Waals surface area contributed by atoms with Crippen molar-refractivity contribution in [3.05, 3.63) is 41.6 Å². The number of benzene rings is 1. The molecule has 2 fully saturated rings. The normalized spacial score (nSPS) is 20.5. The van der Waals surface area contributed by atoms with Crippen LogP contribution in [0.25, 0.3) is 5.69 Å². The number of piperidine rings is 1. The van der Waals surface area contributed by atoms with E-state index in [0.717, 1.165) is 49.6 Å². The molecule has 1 atom stereocenters. The summed E-state index contributed by atoms with van der Waals surface area (Å²) in [5.74, 6) is 1.05. The maximum absolute atomic E-state index is 13.0. The number of rotatable bonds is 3. The zero-order valence-corrected chi connectivity index (χ0v) is 18.0. The molecule has 1 aromatic carbocycles. The van der Waals surface area contributed by atoms with Gasteiger partial charge in [-0.05, 0) is 56.8 Å². The molecular weight excluding hydrogens is 372 g/mol. The van der Waals surface area contributed by atoms with E-state index in [0.29, 0.717) is 0 Å². The average molecular weight is 403 g/mol. The first-order valence-corrected chi connectivity index (χ1v) is 9.98. The molecule has 5 nitrogen and oxygen atoms in total. The Morgan fingerprint density at radius 3 is 2.46 bits per heavy atom. The Labute approximate surface area is 173 Å². The Morgan fingerprint density at radius 1 is 1.21 bits per heavy atom. The van der Waals surface area contributed by atoms with E-state index in [1.165, 1.54) is 5.56 Å². The van der Waals surface area contributed by atoms with Gasteiger partial charge in [-0.25, -0.2) is 4.68 Å². The molecule has 6 heteroatoms. The van der Waals surface area contributed by atoms with Crippen molar-refractivity contribution in [3.8, 4) is 5.69 Å². The van der Waals surface area contributed by atoms with Gasteiger partial charge in [-0.3, -0.25) is 4.79 Å². The number of nitrogens with zero attached hydrogens (tertiary/aromatic N) is 2. The zero-order valence-electron chi connectivity index (χ0n) is 17.2. The topological polar surface area (TPSA) is 59.0 Å². The molecule has 1 aliphatic heterocycles. The van der Waals surface area contributed by atoms with Crippen LogP contribution in [-0.2, 0) is 10.2 Å². The minimum absolute atomic E-state index is 0. The standard InChI is InChI=1S/C22H30N4O.ClH/c1-15-5-7-16(8-6-15)26-19(13-18(25-26)21(2,3)4)24-20(27)17-14-22(17)9-11-23-12-10-22;/h5-8,13,17,23H,9-12,14H2,1-4H3,(H,24,27);1H. The second-order valence-corrected chi connectivity index (χ2v) is 9.27. The smallest absolute Gasteiger partial charge is 0.229 e. The number of carbonyl (C=O) groups excluding carboxylic acids is 1. The minimum Gasteiger partial charge on any atom is -0.317 e. The number of anilines is 1. The van der Waals surface area contributed by atoms with Crippen molar-refractivity contribution in [2.75, 3.05) is 18.4 Å². The van der Waals surface area contributed by atoms with Crippen LogP contribution in [-0.4, -0.2) is 28.8 Å². The number of aryl methyl sites for hydroxylation is 1. The van der Waals surface area contributed by atoms with Gasteiger partial charge >= 0.3 is 0 Å². The number of carbonyl (C=O) groups is 1. The highest BCUT2D eigenvalue weighted by molar-refractivity contribution is 5.94. The first-order chi connectivity index (χ1) is 12.8. The molecule has 152 valence electrons. The molecule has 1 amide bonds. The van der Waals surface area contributed by atoms with Crippen LogP contribution in [0.4, 0.5) is 5.82 Å². The van der Waals surface area contributed by atoms with Crippen LogP contribution in [0.1, 0.15) is 51.3 Å². The Bertz CT molecular complexity index is 844. The van der Waals surface area contributed by atoms with Gasteiger partial charge in [-0.15, -0.1) is 12.4 Å². The van der Waals surface area contributed by atoms with Crippen LogP contribution in [0.15, 0.2) is 30.3 Å². The first-order valence-electron chi connectivity index (χ1n) is 9.98. The molecule has 1 saturated carbocycles. The van der Waals surface area contributed by atoms with E-state index >= 15 is 0 Å². The quantitative estimate of drug-likeness (QED) is 0.807. The van der Waals surface area contributed by atoms with Gasteiger partial charge in [0.2, 0.25) is 5.91 Å². The van der Waals surface area contributed by atoms with Gasteiger partial charge in [-0.2, -0.15) is 5.10 Å². The van der Waals surface area contributed by atoms with Crippen LogP contribution in [0.5, 0.6) is 0 Å². The largest absolute Gasteiger partial charge is 0.317 e. The Kier molecular flexibility index (Phi) is 5.61. The summed E-state index contributed by atoms with van der Waals surface area (Å²) in [5, 5.41) is 11.4. The van der Waals surface area contributed by atoms with Crippen molar-refractivity contribution < 1.29 is 4.79 Å². The fourth-order valence-corrected chi connectivity index (χ4v) is 4.13. The maximum Gasteiger partial charge on any atom is 0.229 e. The van der Waals surface area contributed by atoms with Gasteiger partial charge in [-0.1, -0.05) is 38.5 Å². The SMILES string of the molecule is Cc1ccc(-n2nc(C(C)(C)C)cc2NC(=O)C2CC23CCNCC3)cc1.Cl. The van der Waals surface area contributed by atoms with E-state index in [4.69, 9.17) is 5.10 Å². The molecule has 4 rings (SSSR count). The molecule has 0 radical (unpaired) electrons. The third kappa shape index (κ3) is 3.96. The van der Waals surface area contributed by atoms with Crippen LogP contribution in [0, 0.1) is 18.3 Å². The van der Waals surface area contributed by atoms with E-state index in [2.05, 4.69) is 62.6 Å². The lowest BCUT2D eigenvalue weighted by Gasteiger charge is -2.23. The summed E-state index contributed by atoms with van der Waals surface area (Å²) in [4.78, 5) is 13.0. The lowest BCUT2D eigenvalue weighted by Crippen LogP contribution is -2.31. The molecule has 1 saturated heterocycles. The minimum atomic E-state index is -0.0781. The molecule has 2 N–H and O–H groups in total. The van der Waals surface area contributed by atoms with E-state index < -0.39 is 0 Å². The molecule has 0 bridgehead atoms. The molecule has 1 unspecified atom stereocenters. The number of hydrogen-bond acceptors (Lipinski definition) is 3. The van der Waals surface area contributed by atoms with Crippen molar-refractivity contribution in [3.63, 3.8) is 0 Å². The zero-order chi connectivity index (χ0) is 19.2. The fourth-order valence-electron chi connectivity index (χ4n) is 4.13. The van der Waals surface area contributed by atoms with Crippen molar-refractivity contribution in [2.24, 2.45) is 11.3 Å². The van der Waals surface area contributed by atoms with Gasteiger partial charge in [0.25, 0.3) is 0 Å². The van der Waals surface area contributed by atoms with E-state index in [1.54, 1.807) is 0 Å². The van der Waals surface area contributed by atoms with E-state index in [9.17, 15) is 4.79 Å². The molecule has 2 aromatic rings. The monoisotopic (exact) mass is 402 g/mol. The van der Waals surface area contributed by atoms with Gasteiger partial charge in [0.1, 0.15) is 5.82 Å². The number of halogens is 1. The van der Waals surface area contributed by atoms with Gasteiger partial charge < -0.3 is 10.6 Å². The Morgan fingerprint density at radius 2 is 1.86 bits per heavy atom. The van der Waals surface area contributed by atoms with Gasteiger partial charge in [0.05, 0.1) is 11.4 Å². The van der Waals surface area contributed by atoms with Crippen LogP contribution in [0.3, 0.4) is 0 Å². The first kappa shape index (κ1) is 20.9. The predicted octanol–water partition coefficient (Wildman–Crippen LogP) is 4.23. The van der Waals surface area contributed by atoms with Crippen molar-refractivity contribution in [1.82, 2.24) is 15.1 Å². The molecule has 1 aromatic heterocycles. The van der Waals surface area contributed by atoms with Crippen LogP contribution >= 0.6 is 12.4 Å². The van der Waals surface area contributed by atoms with E-state index in [1.807, 2.05) is 10.7 Å². The Hall–Kier alpha value is -1.85. The molecule has 28 heavy (non-hydrogen) atoms. The number of hydrogen-bond donors (Lipinski definition) is 2. The molecule has 1 aliphatic carbocycles. The lowest BCUT2D eigenvalue weighted by atomic mass is 9.91. The fraction of sp³-hybridized carbons (Fsp3) is 0.545. The summed E-state index contributed by atoms with van der Waals surface area (Å²) in [6, 6.07) is 10.3. The number of aromatic nitrogens is 2. The highest BCUT2D eigenvalue weighted by atomic mass is 35.5. The molecule has 2 heterocycles. The highest BCUT2D eigenvalue weighted by Crippen LogP contribution is 2.58. The van der Waals surface area contributed by atoms with Crippen LogP contribution < -0.4 is 10.6 Å². The summed E-state index contributed by atoms with van der Waals surface area (Å²) < 4.78 is 1.87. The average Bonchev–Trinajstić information content (AvgIpc) is 3.13. The molecule has 2 aliphatic rings. The molecular formula is C22H31ClN4O. The summed E-state index contributed by atoms with van der Waals surface area (Å²) in [6.45, 7) is 10.6. The number of nitrogens with one attached hydrogen (secondary N) is 2. The van der Waals surface area contributed by atoms with Gasteiger partial charge in [0, 0.05) is 17.4 Å². The maximum atomic E-state index is 13.0. The predicted molar refractivity (Wildman–Crippen MR) is 116 cm³/mol. The third-order valence-electron chi connectivity index (χ3n) is 6.11. The molecule has 1 spiro atoms. The Balaban J connectivity index is 0.00000225. The third-order valence-corrected chi connectivity index (χ3v) is 6.11. The summed E-state index contributed by atoms with van der Waals surface area (Å²) >= 11 is 0. The summed E-state index contributed by atoms with van der Waals surface area (Å²) in [7, 11) is 0. The van der Waals surface area contributed by atoms with Crippen molar-refractivity contribution in [2.45, 2.75) is 52.4 Å². The van der Waals surface area contributed by atoms with Crippen LogP contribution in [0.2, 0.25) is 0 Å². The van der Waals surface area contributed by atoms with Gasteiger partial charge in [0.15, 0.2) is 0 Å². The van der Waals surface area contributed by atoms with Crippen molar-refractivity contribution >= 4 is 24.1 Å². The second-order valence-electron chi connectivity index (χ2n) is 9.27. The van der Waals surface area contributed by atoms with E-state index in [-0.39, 0.29) is 35.1 Å².